The molecule has 1 aromatic carbocycles. The Kier molecular flexibility index (Phi) is 7.05. The first-order chi connectivity index (χ1) is 12.1. The molecule has 1 aliphatic carbocycles. The van der Waals surface area contributed by atoms with Crippen molar-refractivity contribution in [3.8, 4) is 5.75 Å². The third-order valence-corrected chi connectivity index (χ3v) is 5.77. The monoisotopic (exact) mass is 386 g/mol. The van der Waals surface area contributed by atoms with Crippen LogP contribution in [0.4, 0.5) is 4.39 Å². The summed E-state index contributed by atoms with van der Waals surface area (Å²) in [6.07, 6.45) is 2.78. The molecule has 1 atom stereocenters. The summed E-state index contributed by atoms with van der Waals surface area (Å²) in [5.74, 6) is 0.343. The summed E-state index contributed by atoms with van der Waals surface area (Å²) in [7, 11) is -3.41. The fourth-order valence-corrected chi connectivity index (χ4v) is 3.83. The molecule has 1 aliphatic rings. The predicted octanol–water partition coefficient (Wildman–Crippen LogP) is 3.37. The Morgan fingerprint density at radius 3 is 2.62 bits per heavy atom. The number of rotatable bonds is 10. The van der Waals surface area contributed by atoms with Gasteiger partial charge in [-0.1, -0.05) is 6.07 Å². The SMILES string of the molecule is C[C@@H](NS(=O)(=O)CCCNC(C)(C)C)c1ccc(F)c(OCC2CC2)c1. The molecule has 0 radical (unpaired) electrons. The van der Waals surface area contributed by atoms with Crippen LogP contribution in [0.5, 0.6) is 5.75 Å². The molecule has 1 aromatic rings. The molecule has 2 rings (SSSR count). The van der Waals surface area contributed by atoms with Crippen LogP contribution < -0.4 is 14.8 Å². The van der Waals surface area contributed by atoms with Gasteiger partial charge in [-0.25, -0.2) is 17.5 Å². The molecule has 1 saturated carbocycles. The zero-order valence-corrected chi connectivity index (χ0v) is 17.0. The molecule has 148 valence electrons. The van der Waals surface area contributed by atoms with E-state index in [4.69, 9.17) is 4.74 Å². The Bertz CT molecular complexity index is 697. The summed E-state index contributed by atoms with van der Waals surface area (Å²) in [5.41, 5.74) is 0.656. The van der Waals surface area contributed by atoms with Crippen LogP contribution in [0.1, 0.15) is 58.6 Å². The molecule has 2 N–H and O–H groups in total. The molecular formula is C19H31FN2O3S. The molecule has 26 heavy (non-hydrogen) atoms. The van der Waals surface area contributed by atoms with Gasteiger partial charge in [0.1, 0.15) is 0 Å². The summed E-state index contributed by atoms with van der Waals surface area (Å²) in [6, 6.07) is 4.06. The molecule has 0 unspecified atom stereocenters. The first kappa shape index (κ1) is 21.1. The van der Waals surface area contributed by atoms with Crippen LogP contribution in [0.15, 0.2) is 18.2 Å². The van der Waals surface area contributed by atoms with Crippen LogP contribution in [0.2, 0.25) is 0 Å². The molecule has 0 amide bonds. The normalized spacial score (nSPS) is 16.5. The number of sulfonamides is 1. The average molecular weight is 387 g/mol. The van der Waals surface area contributed by atoms with Crippen molar-refractivity contribution < 1.29 is 17.5 Å². The van der Waals surface area contributed by atoms with E-state index in [1.54, 1.807) is 19.1 Å². The van der Waals surface area contributed by atoms with Gasteiger partial charge in [0.2, 0.25) is 10.0 Å². The molecule has 0 bridgehead atoms. The number of nitrogens with one attached hydrogen (secondary N) is 2. The number of halogens is 1. The third-order valence-electron chi connectivity index (χ3n) is 4.23. The number of hydrogen-bond donors (Lipinski definition) is 2. The lowest BCUT2D eigenvalue weighted by atomic mass is 10.1. The lowest BCUT2D eigenvalue weighted by Gasteiger charge is -2.21. The van der Waals surface area contributed by atoms with Gasteiger partial charge in [0.15, 0.2) is 11.6 Å². The van der Waals surface area contributed by atoms with E-state index in [0.717, 1.165) is 12.8 Å². The van der Waals surface area contributed by atoms with Gasteiger partial charge in [0, 0.05) is 11.6 Å². The van der Waals surface area contributed by atoms with Crippen LogP contribution in [-0.2, 0) is 10.0 Å². The molecule has 0 aliphatic heterocycles. The highest BCUT2D eigenvalue weighted by Crippen LogP contribution is 2.31. The van der Waals surface area contributed by atoms with Crippen molar-refractivity contribution in [3.63, 3.8) is 0 Å². The molecule has 0 heterocycles. The second-order valence-electron chi connectivity index (χ2n) is 8.13. The van der Waals surface area contributed by atoms with Gasteiger partial charge in [-0.15, -0.1) is 0 Å². The van der Waals surface area contributed by atoms with Crippen LogP contribution in [-0.4, -0.2) is 32.9 Å². The largest absolute Gasteiger partial charge is 0.490 e. The lowest BCUT2D eigenvalue weighted by molar-refractivity contribution is 0.285. The first-order valence-electron chi connectivity index (χ1n) is 9.23. The minimum absolute atomic E-state index is 0.0323. The van der Waals surface area contributed by atoms with E-state index in [1.807, 2.05) is 20.8 Å². The molecule has 1 fully saturated rings. The predicted molar refractivity (Wildman–Crippen MR) is 102 cm³/mol. The molecule has 0 saturated heterocycles. The topological polar surface area (TPSA) is 67.4 Å². The fourth-order valence-electron chi connectivity index (χ4n) is 2.51. The van der Waals surface area contributed by atoms with Gasteiger partial charge in [0.05, 0.1) is 12.4 Å². The maximum absolute atomic E-state index is 13.9. The summed E-state index contributed by atoms with van der Waals surface area (Å²) >= 11 is 0. The van der Waals surface area contributed by atoms with Crippen LogP contribution >= 0.6 is 0 Å². The van der Waals surface area contributed by atoms with E-state index in [9.17, 15) is 12.8 Å². The fraction of sp³-hybridized carbons (Fsp3) is 0.684. The highest BCUT2D eigenvalue weighted by atomic mass is 32.2. The van der Waals surface area contributed by atoms with Crippen LogP contribution in [0.25, 0.3) is 0 Å². The Morgan fingerprint density at radius 2 is 2.00 bits per heavy atom. The highest BCUT2D eigenvalue weighted by Gasteiger charge is 2.23. The first-order valence-corrected chi connectivity index (χ1v) is 10.9. The zero-order valence-electron chi connectivity index (χ0n) is 16.1. The quantitative estimate of drug-likeness (QED) is 0.605. The Hall–Kier alpha value is -1.18. The zero-order chi connectivity index (χ0) is 19.4. The van der Waals surface area contributed by atoms with E-state index < -0.39 is 21.9 Å². The van der Waals surface area contributed by atoms with Crippen molar-refractivity contribution in [2.24, 2.45) is 5.92 Å². The van der Waals surface area contributed by atoms with Crippen molar-refractivity contribution in [1.82, 2.24) is 10.0 Å². The van der Waals surface area contributed by atoms with Crippen molar-refractivity contribution in [2.45, 2.75) is 58.5 Å². The highest BCUT2D eigenvalue weighted by molar-refractivity contribution is 7.89. The van der Waals surface area contributed by atoms with E-state index >= 15 is 0 Å². The summed E-state index contributed by atoms with van der Waals surface area (Å²) < 4.78 is 46.6. The van der Waals surface area contributed by atoms with Crippen molar-refractivity contribution in [1.29, 1.82) is 0 Å². The maximum atomic E-state index is 13.9. The van der Waals surface area contributed by atoms with Crippen molar-refractivity contribution >= 4 is 10.0 Å². The van der Waals surface area contributed by atoms with Crippen LogP contribution in [0, 0.1) is 11.7 Å². The summed E-state index contributed by atoms with van der Waals surface area (Å²) in [5, 5.41) is 3.27. The number of benzene rings is 1. The van der Waals surface area contributed by atoms with Gasteiger partial charge in [-0.2, -0.15) is 0 Å². The van der Waals surface area contributed by atoms with E-state index in [0.29, 0.717) is 31.1 Å². The van der Waals surface area contributed by atoms with Gasteiger partial charge >= 0.3 is 0 Å². The maximum Gasteiger partial charge on any atom is 0.212 e. The summed E-state index contributed by atoms with van der Waals surface area (Å²) in [4.78, 5) is 0. The van der Waals surface area contributed by atoms with Crippen LogP contribution in [0.3, 0.4) is 0 Å². The standard InChI is InChI=1S/C19H31FN2O3S/c1-14(22-26(23,24)11-5-10-21-19(2,3)4)16-8-9-17(20)18(12-16)25-13-15-6-7-15/h8-9,12,14-15,21-22H,5-7,10-11,13H2,1-4H3/t14-/m1/s1. The van der Waals surface area contributed by atoms with E-state index in [1.165, 1.54) is 6.07 Å². The summed E-state index contributed by atoms with van der Waals surface area (Å²) in [6.45, 7) is 9.02. The molecule has 0 spiro atoms. The Labute approximate surface area is 156 Å². The van der Waals surface area contributed by atoms with E-state index in [2.05, 4.69) is 10.0 Å². The lowest BCUT2D eigenvalue weighted by Crippen LogP contribution is -2.38. The minimum atomic E-state index is -3.41. The van der Waals surface area contributed by atoms with Crippen molar-refractivity contribution in [2.75, 3.05) is 18.9 Å². The Morgan fingerprint density at radius 1 is 1.31 bits per heavy atom. The van der Waals surface area contributed by atoms with E-state index in [-0.39, 0.29) is 17.0 Å². The second-order valence-corrected chi connectivity index (χ2v) is 10.0. The smallest absolute Gasteiger partial charge is 0.212 e. The molecular weight excluding hydrogens is 355 g/mol. The molecule has 0 aromatic heterocycles. The number of hydrogen-bond acceptors (Lipinski definition) is 4. The Balaban J connectivity index is 1.88. The third kappa shape index (κ3) is 7.60. The molecule has 5 nitrogen and oxygen atoms in total. The van der Waals surface area contributed by atoms with Gasteiger partial charge in [-0.05, 0) is 77.1 Å². The van der Waals surface area contributed by atoms with Crippen molar-refractivity contribution in [3.05, 3.63) is 29.6 Å². The van der Waals surface area contributed by atoms with Gasteiger partial charge < -0.3 is 10.1 Å². The van der Waals surface area contributed by atoms with Gasteiger partial charge in [-0.3, -0.25) is 0 Å². The van der Waals surface area contributed by atoms with Gasteiger partial charge in [0.25, 0.3) is 0 Å². The average Bonchev–Trinajstić information content (AvgIpc) is 3.34. The molecule has 7 heteroatoms. The number of ether oxygens (including phenoxy) is 1. The second kappa shape index (κ2) is 8.67. The minimum Gasteiger partial charge on any atom is -0.490 e.